The van der Waals surface area contributed by atoms with Crippen LogP contribution >= 0.6 is 0 Å². The lowest BCUT2D eigenvalue weighted by atomic mass is 9.84. The largest absolute Gasteiger partial charge is 0.379 e. The summed E-state index contributed by atoms with van der Waals surface area (Å²) in [7, 11) is 2.18. The lowest BCUT2D eigenvalue weighted by molar-refractivity contribution is 0.0523. The summed E-state index contributed by atoms with van der Waals surface area (Å²) in [5.41, 5.74) is 0. The molecule has 21 heavy (non-hydrogen) atoms. The van der Waals surface area contributed by atoms with E-state index in [2.05, 4.69) is 22.2 Å². The summed E-state index contributed by atoms with van der Waals surface area (Å²) in [6, 6.07) is 0.570. The third-order valence-corrected chi connectivity index (χ3v) is 4.58. The van der Waals surface area contributed by atoms with E-state index in [-0.39, 0.29) is 12.1 Å². The Hall–Kier alpha value is -0.810. The molecule has 5 heteroatoms. The number of hydrogen-bond donors (Lipinski definition) is 1. The molecular weight excluding hydrogens is 266 g/mol. The molecule has 122 valence electrons. The van der Waals surface area contributed by atoms with E-state index in [1.54, 1.807) is 0 Å². The summed E-state index contributed by atoms with van der Waals surface area (Å²) < 4.78 is 5.50. The fourth-order valence-electron chi connectivity index (χ4n) is 3.53. The number of carbonyl (C=O) groups is 1. The van der Waals surface area contributed by atoms with Crippen LogP contribution in [0.3, 0.4) is 0 Å². The summed E-state index contributed by atoms with van der Waals surface area (Å²) in [6.07, 6.45) is 4.67. The Morgan fingerprint density at radius 2 is 2.14 bits per heavy atom. The minimum atomic E-state index is 0.124. The molecule has 0 aromatic heterocycles. The summed E-state index contributed by atoms with van der Waals surface area (Å²) >= 11 is 0. The predicted molar refractivity (Wildman–Crippen MR) is 84.4 cm³/mol. The van der Waals surface area contributed by atoms with E-state index < -0.39 is 0 Å². The van der Waals surface area contributed by atoms with Crippen molar-refractivity contribution in [2.24, 2.45) is 5.92 Å². The Bertz CT molecular complexity index is 335. The van der Waals surface area contributed by atoms with Crippen LogP contribution in [0.1, 0.15) is 39.5 Å². The highest BCUT2D eigenvalue weighted by Gasteiger charge is 2.37. The van der Waals surface area contributed by atoms with Crippen molar-refractivity contribution in [2.45, 2.75) is 51.7 Å². The number of nitrogens with one attached hydrogen (secondary N) is 1. The molecule has 2 aliphatic rings. The van der Waals surface area contributed by atoms with Gasteiger partial charge in [0.2, 0.25) is 0 Å². The van der Waals surface area contributed by atoms with Crippen molar-refractivity contribution < 1.29 is 9.53 Å². The Labute approximate surface area is 129 Å². The molecular formula is C16H31N3O2. The van der Waals surface area contributed by atoms with Crippen LogP contribution in [-0.4, -0.2) is 67.8 Å². The molecule has 2 amide bonds. The van der Waals surface area contributed by atoms with Gasteiger partial charge < -0.3 is 19.9 Å². The average molecular weight is 297 g/mol. The first kappa shape index (κ1) is 16.6. The molecule has 0 aliphatic carbocycles. The molecule has 2 fully saturated rings. The maximum atomic E-state index is 12.4. The molecule has 5 nitrogen and oxygen atoms in total. The van der Waals surface area contributed by atoms with E-state index in [0.717, 1.165) is 45.5 Å². The highest BCUT2D eigenvalue weighted by molar-refractivity contribution is 5.74. The average Bonchev–Trinajstić information content (AvgIpc) is 2.45. The van der Waals surface area contributed by atoms with Crippen molar-refractivity contribution in [1.29, 1.82) is 0 Å². The Morgan fingerprint density at radius 3 is 2.90 bits per heavy atom. The third-order valence-electron chi connectivity index (χ3n) is 4.58. The minimum absolute atomic E-state index is 0.124. The summed E-state index contributed by atoms with van der Waals surface area (Å²) in [5.74, 6) is 0.660. The monoisotopic (exact) mass is 297 g/mol. The molecule has 1 N–H and O–H groups in total. The number of piperidine rings is 2. The summed E-state index contributed by atoms with van der Waals surface area (Å²) in [6.45, 7) is 8.65. The zero-order valence-corrected chi connectivity index (χ0v) is 13.8. The second kappa shape index (κ2) is 7.99. The van der Waals surface area contributed by atoms with Gasteiger partial charge in [0.15, 0.2) is 0 Å². The molecule has 2 atom stereocenters. The molecule has 2 rings (SSSR count). The number of amides is 2. The highest BCUT2D eigenvalue weighted by atomic mass is 16.5. The highest BCUT2D eigenvalue weighted by Crippen LogP contribution is 2.29. The van der Waals surface area contributed by atoms with E-state index in [1.807, 2.05) is 13.8 Å². The van der Waals surface area contributed by atoms with Crippen molar-refractivity contribution in [3.05, 3.63) is 0 Å². The van der Waals surface area contributed by atoms with Gasteiger partial charge in [-0.2, -0.15) is 0 Å². The lowest BCUT2D eigenvalue weighted by Crippen LogP contribution is -2.57. The second-order valence-corrected chi connectivity index (χ2v) is 6.72. The second-order valence-electron chi connectivity index (χ2n) is 6.72. The molecule has 0 aromatic rings. The molecule has 2 saturated heterocycles. The van der Waals surface area contributed by atoms with Gasteiger partial charge in [-0.1, -0.05) is 0 Å². The predicted octanol–water partition coefficient (Wildman–Crippen LogP) is 1.93. The Balaban J connectivity index is 1.73. The zero-order chi connectivity index (χ0) is 15.2. The fraction of sp³-hybridized carbons (Fsp3) is 0.938. The molecule has 0 unspecified atom stereocenters. The van der Waals surface area contributed by atoms with Crippen molar-refractivity contribution in [3.8, 4) is 0 Å². The van der Waals surface area contributed by atoms with Crippen molar-refractivity contribution >= 4 is 6.03 Å². The van der Waals surface area contributed by atoms with Gasteiger partial charge in [-0.25, -0.2) is 4.79 Å². The van der Waals surface area contributed by atoms with Crippen LogP contribution in [0.5, 0.6) is 0 Å². The smallest absolute Gasteiger partial charge is 0.317 e. The van der Waals surface area contributed by atoms with Crippen LogP contribution in [-0.2, 0) is 4.74 Å². The van der Waals surface area contributed by atoms with Crippen LogP contribution in [0.2, 0.25) is 0 Å². The molecule has 2 aliphatic heterocycles. The molecule has 0 spiro atoms. The number of hydrogen-bond acceptors (Lipinski definition) is 3. The van der Waals surface area contributed by atoms with E-state index in [0.29, 0.717) is 18.5 Å². The third kappa shape index (κ3) is 4.85. The summed E-state index contributed by atoms with van der Waals surface area (Å²) in [4.78, 5) is 16.9. The molecule has 0 bridgehead atoms. The van der Waals surface area contributed by atoms with Crippen molar-refractivity contribution in [1.82, 2.24) is 15.1 Å². The number of urea groups is 1. The fourth-order valence-corrected chi connectivity index (χ4v) is 3.53. The van der Waals surface area contributed by atoms with E-state index in [4.69, 9.17) is 4.74 Å². The van der Waals surface area contributed by atoms with Crippen LogP contribution in [0.15, 0.2) is 0 Å². The number of rotatable bonds is 5. The van der Waals surface area contributed by atoms with E-state index in [9.17, 15) is 4.79 Å². The van der Waals surface area contributed by atoms with Crippen LogP contribution in [0.4, 0.5) is 4.79 Å². The molecule has 0 aromatic carbocycles. The van der Waals surface area contributed by atoms with Gasteiger partial charge in [0, 0.05) is 32.3 Å². The van der Waals surface area contributed by atoms with Gasteiger partial charge in [-0.15, -0.1) is 0 Å². The van der Waals surface area contributed by atoms with Gasteiger partial charge in [0.1, 0.15) is 0 Å². The summed E-state index contributed by atoms with van der Waals surface area (Å²) in [5, 5.41) is 3.06. The number of likely N-dealkylation sites (tertiary alicyclic amines) is 2. The van der Waals surface area contributed by atoms with E-state index >= 15 is 0 Å². The normalized spacial score (nSPS) is 26.8. The van der Waals surface area contributed by atoms with Crippen molar-refractivity contribution in [2.75, 3.05) is 39.8 Å². The number of fused-ring (bicyclic) bond motifs is 1. The van der Waals surface area contributed by atoms with Gasteiger partial charge >= 0.3 is 6.03 Å². The quantitative estimate of drug-likeness (QED) is 0.789. The Morgan fingerprint density at radius 1 is 1.33 bits per heavy atom. The first-order valence-corrected chi connectivity index (χ1v) is 8.42. The molecule has 2 heterocycles. The van der Waals surface area contributed by atoms with Gasteiger partial charge in [0.05, 0.1) is 6.10 Å². The van der Waals surface area contributed by atoms with Crippen LogP contribution in [0.25, 0.3) is 0 Å². The number of carbonyl (C=O) groups excluding carboxylic acids is 1. The first-order chi connectivity index (χ1) is 10.1. The van der Waals surface area contributed by atoms with Gasteiger partial charge in [-0.3, -0.25) is 0 Å². The minimum Gasteiger partial charge on any atom is -0.379 e. The molecule has 0 saturated carbocycles. The standard InChI is InChI=1S/C16H31N3O2/c1-13(2)21-11-5-8-17-16(20)19-9-4-6-14-12-18(3)10-7-15(14)19/h13-15H,4-12H2,1-3H3,(H,17,20)/t14-,15+/m1/s1. The van der Waals surface area contributed by atoms with Crippen LogP contribution in [0, 0.1) is 5.92 Å². The number of nitrogens with zero attached hydrogens (tertiary/aromatic N) is 2. The first-order valence-electron chi connectivity index (χ1n) is 8.42. The zero-order valence-electron chi connectivity index (χ0n) is 13.8. The number of ether oxygens (including phenoxy) is 1. The maximum Gasteiger partial charge on any atom is 0.317 e. The molecule has 0 radical (unpaired) electrons. The lowest BCUT2D eigenvalue weighted by Gasteiger charge is -2.46. The van der Waals surface area contributed by atoms with Crippen molar-refractivity contribution in [3.63, 3.8) is 0 Å². The Kier molecular flexibility index (Phi) is 6.30. The van der Waals surface area contributed by atoms with E-state index in [1.165, 1.54) is 6.42 Å². The van der Waals surface area contributed by atoms with Gasteiger partial charge in [0.25, 0.3) is 0 Å². The van der Waals surface area contributed by atoms with Gasteiger partial charge in [-0.05, 0) is 59.0 Å². The SMILES string of the molecule is CC(C)OCCCNC(=O)N1CCC[C@@H]2CN(C)CC[C@@H]21. The maximum absolute atomic E-state index is 12.4. The topological polar surface area (TPSA) is 44.8 Å². The van der Waals surface area contributed by atoms with Crippen LogP contribution < -0.4 is 5.32 Å².